The molecule has 0 unspecified atom stereocenters. The molecule has 0 N–H and O–H groups in total. The average Bonchev–Trinajstić information content (AvgIpc) is 3.45. The number of hydroxylamine groups is 2. The first kappa shape index (κ1) is 23.6. The third-order valence-corrected chi connectivity index (χ3v) is 5.08. The van der Waals surface area contributed by atoms with E-state index in [4.69, 9.17) is 33.1 Å². The number of hydrogen-bond donors (Lipinski definition) is 0. The van der Waals surface area contributed by atoms with E-state index < -0.39 is 47.5 Å². The van der Waals surface area contributed by atoms with E-state index in [1.165, 1.54) is 0 Å². The second-order valence-electron chi connectivity index (χ2n) is 6.82. The molecule has 3 rings (SSSR count). The molecule has 32 heavy (non-hydrogen) atoms. The van der Waals surface area contributed by atoms with Crippen LogP contribution in [0.1, 0.15) is 49.2 Å². The first-order valence-corrected chi connectivity index (χ1v) is 10.0. The Bertz CT molecular complexity index is 884. The van der Waals surface area contributed by atoms with Gasteiger partial charge < -0.3 is 23.5 Å². The predicted molar refractivity (Wildman–Crippen MR) is 99.4 cm³/mol. The minimum Gasteiger partial charge on any atom is -0.467 e. The van der Waals surface area contributed by atoms with Gasteiger partial charge in [0.15, 0.2) is 23.4 Å². The van der Waals surface area contributed by atoms with Crippen LogP contribution in [0.4, 0.5) is 0 Å². The number of rotatable bonds is 8. The summed E-state index contributed by atoms with van der Waals surface area (Å²) in [6.07, 6.45) is -1.87. The number of fused-ring (bicyclic) bond motifs is 1. The molecule has 13 heteroatoms. The Labute approximate surface area is 182 Å². The fourth-order valence-electron chi connectivity index (χ4n) is 3.82. The fourth-order valence-corrected chi connectivity index (χ4v) is 3.82. The van der Waals surface area contributed by atoms with Crippen molar-refractivity contribution in [1.29, 1.82) is 0 Å². The van der Waals surface area contributed by atoms with Crippen LogP contribution in [0.25, 0.3) is 0 Å². The SMILES string of the molecule is CCOC(=O)c1nocc1[C@H]1[C@H](C(=O)OCC)ON2O[C@@H](C(=O)OC)C[C@]12C(=O)OCC. The van der Waals surface area contributed by atoms with E-state index in [1.807, 2.05) is 0 Å². The molecule has 0 bridgehead atoms. The molecule has 0 saturated carbocycles. The van der Waals surface area contributed by atoms with Gasteiger partial charge in [-0.15, -0.1) is 0 Å². The van der Waals surface area contributed by atoms with Crippen molar-refractivity contribution >= 4 is 23.9 Å². The van der Waals surface area contributed by atoms with E-state index in [2.05, 4.69) is 5.16 Å². The molecule has 3 heterocycles. The van der Waals surface area contributed by atoms with E-state index in [1.54, 1.807) is 20.8 Å². The molecule has 2 saturated heterocycles. The molecule has 2 fully saturated rings. The smallest absolute Gasteiger partial charge is 0.360 e. The summed E-state index contributed by atoms with van der Waals surface area (Å²) in [7, 11) is 1.16. The quantitative estimate of drug-likeness (QED) is 0.389. The molecule has 13 nitrogen and oxygen atoms in total. The largest absolute Gasteiger partial charge is 0.467 e. The van der Waals surface area contributed by atoms with Gasteiger partial charge >= 0.3 is 23.9 Å². The highest BCUT2D eigenvalue weighted by atomic mass is 17.0. The van der Waals surface area contributed by atoms with Gasteiger partial charge in [-0.05, 0) is 26.0 Å². The molecular weight excluding hydrogens is 432 g/mol. The van der Waals surface area contributed by atoms with E-state index in [0.717, 1.165) is 18.6 Å². The van der Waals surface area contributed by atoms with E-state index in [0.29, 0.717) is 0 Å². The van der Waals surface area contributed by atoms with Crippen molar-refractivity contribution in [3.8, 4) is 0 Å². The van der Waals surface area contributed by atoms with Crippen molar-refractivity contribution in [2.45, 2.75) is 50.9 Å². The number of ether oxygens (including phenoxy) is 4. The highest BCUT2D eigenvalue weighted by molar-refractivity contribution is 5.92. The van der Waals surface area contributed by atoms with Crippen LogP contribution in [0.15, 0.2) is 10.8 Å². The number of esters is 4. The van der Waals surface area contributed by atoms with Crippen LogP contribution in [-0.2, 0) is 43.0 Å². The Morgan fingerprint density at radius 1 is 1.06 bits per heavy atom. The van der Waals surface area contributed by atoms with Gasteiger partial charge in [-0.1, -0.05) is 5.16 Å². The Hall–Kier alpha value is -3.03. The second kappa shape index (κ2) is 9.63. The van der Waals surface area contributed by atoms with Gasteiger partial charge in [-0.3, -0.25) is 9.68 Å². The number of carbonyl (C=O) groups excluding carboxylic acids is 4. The summed E-state index contributed by atoms with van der Waals surface area (Å²) in [6, 6.07) is 0. The maximum Gasteiger partial charge on any atom is 0.360 e. The zero-order chi connectivity index (χ0) is 23.5. The highest BCUT2D eigenvalue weighted by Gasteiger charge is 2.71. The first-order chi connectivity index (χ1) is 15.3. The maximum atomic E-state index is 13.2. The number of aromatic nitrogens is 1. The van der Waals surface area contributed by atoms with E-state index in [-0.39, 0.29) is 37.5 Å². The van der Waals surface area contributed by atoms with Gasteiger partial charge in [-0.2, -0.15) is 0 Å². The normalized spacial score (nSPS) is 26.9. The zero-order valence-electron chi connectivity index (χ0n) is 18.0. The van der Waals surface area contributed by atoms with Crippen LogP contribution in [0, 0.1) is 0 Å². The summed E-state index contributed by atoms with van der Waals surface area (Å²) in [5, 5.41) is 4.43. The first-order valence-electron chi connectivity index (χ1n) is 10.0. The number of methoxy groups -OCH3 is 1. The van der Waals surface area contributed by atoms with Gasteiger partial charge in [0.1, 0.15) is 6.26 Å². The van der Waals surface area contributed by atoms with E-state index in [9.17, 15) is 19.2 Å². The Morgan fingerprint density at radius 2 is 1.75 bits per heavy atom. The van der Waals surface area contributed by atoms with Gasteiger partial charge in [0.05, 0.1) is 32.8 Å². The van der Waals surface area contributed by atoms with Crippen molar-refractivity contribution in [2.75, 3.05) is 26.9 Å². The third kappa shape index (κ3) is 3.82. The zero-order valence-corrected chi connectivity index (χ0v) is 18.0. The molecular formula is C19H24N2O11. The molecule has 2 aliphatic heterocycles. The Balaban J connectivity index is 2.16. The molecule has 0 radical (unpaired) electrons. The van der Waals surface area contributed by atoms with Crippen LogP contribution in [0.5, 0.6) is 0 Å². The lowest BCUT2D eigenvalue weighted by molar-refractivity contribution is -0.362. The van der Waals surface area contributed by atoms with Crippen molar-refractivity contribution in [2.24, 2.45) is 0 Å². The minimum atomic E-state index is -1.85. The van der Waals surface area contributed by atoms with Gasteiger partial charge in [0.25, 0.3) is 0 Å². The summed E-state index contributed by atoms with van der Waals surface area (Å²) in [4.78, 5) is 61.7. The lowest BCUT2D eigenvalue weighted by Gasteiger charge is -2.29. The molecule has 0 aliphatic carbocycles. The summed E-state index contributed by atoms with van der Waals surface area (Å²) in [5.41, 5.74) is -2.08. The molecule has 4 atom stereocenters. The van der Waals surface area contributed by atoms with Crippen molar-refractivity contribution in [3.05, 3.63) is 17.5 Å². The third-order valence-electron chi connectivity index (χ3n) is 5.08. The molecule has 0 spiro atoms. The Kier molecular flexibility index (Phi) is 7.11. The maximum absolute atomic E-state index is 13.2. The fraction of sp³-hybridized carbons (Fsp3) is 0.632. The summed E-state index contributed by atoms with van der Waals surface area (Å²) >= 11 is 0. The van der Waals surface area contributed by atoms with Crippen molar-refractivity contribution in [1.82, 2.24) is 10.4 Å². The molecule has 1 aromatic heterocycles. The Morgan fingerprint density at radius 3 is 2.38 bits per heavy atom. The van der Waals surface area contributed by atoms with Crippen molar-refractivity contribution < 1.29 is 52.3 Å². The molecule has 2 aliphatic rings. The van der Waals surface area contributed by atoms with Crippen LogP contribution in [-0.4, -0.2) is 78.9 Å². The molecule has 176 valence electrons. The standard InChI is InChI=1S/C19H24N2O11/c1-5-27-16(23)13-10(9-30-20-13)12-14(17(24)28-6-2)32-21-19(12,18(25)29-7-3)8-11(31-21)15(22)26-4/h9,11-12,14H,5-8H2,1-4H3/t11-,12+,14-,19-/m1/s1. The monoisotopic (exact) mass is 456 g/mol. The van der Waals surface area contributed by atoms with Gasteiger partial charge in [0.2, 0.25) is 0 Å². The molecule has 1 aromatic rings. The summed E-state index contributed by atoms with van der Waals surface area (Å²) in [6.45, 7) is 4.85. The lowest BCUT2D eigenvalue weighted by Crippen LogP contribution is -2.51. The van der Waals surface area contributed by atoms with Crippen molar-refractivity contribution in [3.63, 3.8) is 0 Å². The van der Waals surface area contributed by atoms with Crippen LogP contribution in [0.2, 0.25) is 0 Å². The summed E-state index contributed by atoms with van der Waals surface area (Å²) < 4.78 is 25.0. The second-order valence-corrected chi connectivity index (χ2v) is 6.82. The van der Waals surface area contributed by atoms with Crippen LogP contribution >= 0.6 is 0 Å². The van der Waals surface area contributed by atoms with Crippen LogP contribution in [0.3, 0.4) is 0 Å². The predicted octanol–water partition coefficient (Wildman–Crippen LogP) is 0.293. The lowest BCUT2D eigenvalue weighted by atomic mass is 9.74. The van der Waals surface area contributed by atoms with E-state index >= 15 is 0 Å². The molecule has 0 amide bonds. The summed E-state index contributed by atoms with van der Waals surface area (Å²) in [5.74, 6) is -4.53. The topological polar surface area (TPSA) is 153 Å². The number of carbonyl (C=O) groups is 4. The van der Waals surface area contributed by atoms with Gasteiger partial charge in [-0.25, -0.2) is 19.2 Å². The van der Waals surface area contributed by atoms with Gasteiger partial charge in [0, 0.05) is 12.0 Å². The number of hydrogen-bond acceptors (Lipinski definition) is 13. The highest BCUT2D eigenvalue weighted by Crippen LogP contribution is 2.53. The van der Waals surface area contributed by atoms with Crippen LogP contribution < -0.4 is 0 Å². The minimum absolute atomic E-state index is 0.0114. The average molecular weight is 456 g/mol. The molecule has 0 aromatic carbocycles. The number of nitrogens with zero attached hydrogens (tertiary/aromatic N) is 2.